The van der Waals surface area contributed by atoms with Gasteiger partial charge in [-0.1, -0.05) is 24.3 Å². The zero-order valence-corrected chi connectivity index (χ0v) is 15.4. The Hall–Kier alpha value is -0.830. The van der Waals surface area contributed by atoms with Gasteiger partial charge in [-0.2, -0.15) is 0 Å². The number of nitrogens with one attached hydrogen (secondary N) is 2. The molecule has 21 heavy (non-hydrogen) atoms. The molecule has 1 aliphatic rings. The molecular formula is C14H22IN3O2S. The van der Waals surface area contributed by atoms with Crippen LogP contribution in [0, 0.1) is 0 Å². The molecule has 7 heteroatoms. The lowest BCUT2D eigenvalue weighted by molar-refractivity contribution is 0.601. The molecule has 0 heterocycles. The third-order valence-corrected chi connectivity index (χ3v) is 3.91. The Morgan fingerprint density at radius 1 is 1.24 bits per heavy atom. The van der Waals surface area contributed by atoms with E-state index in [9.17, 15) is 8.42 Å². The summed E-state index contributed by atoms with van der Waals surface area (Å²) < 4.78 is 22.4. The molecule has 0 spiro atoms. The van der Waals surface area contributed by atoms with Crippen molar-refractivity contribution in [1.82, 2.24) is 10.6 Å². The maximum atomic E-state index is 11.2. The molecule has 0 saturated heterocycles. The van der Waals surface area contributed by atoms with E-state index in [0.29, 0.717) is 12.6 Å². The van der Waals surface area contributed by atoms with Gasteiger partial charge in [0.2, 0.25) is 0 Å². The molecule has 0 radical (unpaired) electrons. The Labute approximate surface area is 143 Å². The predicted octanol–water partition coefficient (Wildman–Crippen LogP) is 1.68. The predicted molar refractivity (Wildman–Crippen MR) is 96.8 cm³/mol. The highest BCUT2D eigenvalue weighted by molar-refractivity contribution is 14.0. The van der Waals surface area contributed by atoms with Crippen LogP contribution in [-0.2, 0) is 22.1 Å². The maximum Gasteiger partial charge on any atom is 0.191 e. The summed E-state index contributed by atoms with van der Waals surface area (Å²) in [5.74, 6) is 0.902. The highest BCUT2D eigenvalue weighted by Gasteiger charge is 2.21. The lowest BCUT2D eigenvalue weighted by Crippen LogP contribution is -2.38. The molecule has 0 aromatic heterocycles. The fraction of sp³-hybridized carbons (Fsp3) is 0.500. The van der Waals surface area contributed by atoms with Crippen LogP contribution in [0.5, 0.6) is 0 Å². The van der Waals surface area contributed by atoms with E-state index in [2.05, 4.69) is 15.6 Å². The molecule has 0 bridgehead atoms. The molecule has 1 aromatic carbocycles. The van der Waals surface area contributed by atoms with Crippen molar-refractivity contribution in [3.8, 4) is 0 Å². The Morgan fingerprint density at radius 3 is 2.29 bits per heavy atom. The molecule has 0 amide bonds. The number of guanidine groups is 1. The fourth-order valence-corrected chi connectivity index (χ4v) is 2.66. The van der Waals surface area contributed by atoms with Crippen LogP contribution in [0.15, 0.2) is 29.3 Å². The number of rotatable bonds is 5. The Balaban J connectivity index is 0.00000220. The average molecular weight is 423 g/mol. The molecular weight excluding hydrogens is 401 g/mol. The first kappa shape index (κ1) is 18.2. The fourth-order valence-electron chi connectivity index (χ4n) is 1.86. The van der Waals surface area contributed by atoms with E-state index < -0.39 is 9.84 Å². The highest BCUT2D eigenvalue weighted by Crippen LogP contribution is 2.18. The second-order valence-corrected chi connectivity index (χ2v) is 7.37. The van der Waals surface area contributed by atoms with Gasteiger partial charge in [-0.05, 0) is 24.0 Å². The summed E-state index contributed by atoms with van der Waals surface area (Å²) in [5.41, 5.74) is 1.91. The Bertz CT molecular complexity index is 581. The van der Waals surface area contributed by atoms with Crippen molar-refractivity contribution in [2.75, 3.05) is 13.3 Å². The lowest BCUT2D eigenvalue weighted by atomic mass is 10.1. The molecule has 0 unspecified atom stereocenters. The van der Waals surface area contributed by atoms with Gasteiger partial charge in [-0.25, -0.2) is 8.42 Å². The number of sulfone groups is 1. The molecule has 1 aromatic rings. The van der Waals surface area contributed by atoms with Crippen LogP contribution in [0.3, 0.4) is 0 Å². The molecule has 1 saturated carbocycles. The third kappa shape index (κ3) is 7.12. The van der Waals surface area contributed by atoms with Gasteiger partial charge < -0.3 is 10.6 Å². The van der Waals surface area contributed by atoms with Gasteiger partial charge in [-0.3, -0.25) is 4.99 Å². The molecule has 0 aliphatic heterocycles. The van der Waals surface area contributed by atoms with Crippen molar-refractivity contribution in [3.05, 3.63) is 35.4 Å². The van der Waals surface area contributed by atoms with Crippen LogP contribution in [0.2, 0.25) is 0 Å². The van der Waals surface area contributed by atoms with Crippen molar-refractivity contribution in [2.45, 2.75) is 31.2 Å². The van der Waals surface area contributed by atoms with E-state index in [4.69, 9.17) is 0 Å². The van der Waals surface area contributed by atoms with Gasteiger partial charge in [0.15, 0.2) is 15.8 Å². The highest BCUT2D eigenvalue weighted by atomic mass is 127. The topological polar surface area (TPSA) is 70.6 Å². The summed E-state index contributed by atoms with van der Waals surface area (Å²) in [6, 6.07) is 8.17. The van der Waals surface area contributed by atoms with Gasteiger partial charge in [-0.15, -0.1) is 24.0 Å². The van der Waals surface area contributed by atoms with Crippen LogP contribution >= 0.6 is 24.0 Å². The van der Waals surface area contributed by atoms with Gasteiger partial charge in [0, 0.05) is 25.9 Å². The monoisotopic (exact) mass is 423 g/mol. The smallest absolute Gasteiger partial charge is 0.191 e. The summed E-state index contributed by atoms with van der Waals surface area (Å²) in [6.07, 6.45) is 3.66. The minimum atomic E-state index is -2.97. The van der Waals surface area contributed by atoms with E-state index in [1.165, 1.54) is 19.1 Å². The summed E-state index contributed by atoms with van der Waals surface area (Å²) in [5, 5.41) is 6.56. The van der Waals surface area contributed by atoms with Crippen molar-refractivity contribution in [1.29, 1.82) is 0 Å². The van der Waals surface area contributed by atoms with Gasteiger partial charge in [0.25, 0.3) is 0 Å². The Morgan fingerprint density at radius 2 is 1.81 bits per heavy atom. The molecule has 2 rings (SSSR count). The normalized spacial score (nSPS) is 15.2. The van der Waals surface area contributed by atoms with E-state index in [1.54, 1.807) is 7.05 Å². The van der Waals surface area contributed by atoms with E-state index >= 15 is 0 Å². The first-order valence-corrected chi connectivity index (χ1v) is 8.75. The minimum absolute atomic E-state index is 0. The van der Waals surface area contributed by atoms with Crippen LogP contribution in [0.25, 0.3) is 0 Å². The average Bonchev–Trinajstić information content (AvgIpc) is 3.18. The second-order valence-electron chi connectivity index (χ2n) is 5.23. The van der Waals surface area contributed by atoms with Crippen LogP contribution in [-0.4, -0.2) is 33.7 Å². The summed E-state index contributed by atoms with van der Waals surface area (Å²) in [4.78, 5) is 4.16. The largest absolute Gasteiger partial charge is 0.354 e. The number of benzene rings is 1. The number of hydrogen-bond acceptors (Lipinski definition) is 3. The molecule has 5 nitrogen and oxygen atoms in total. The molecule has 2 N–H and O–H groups in total. The summed E-state index contributed by atoms with van der Waals surface area (Å²) >= 11 is 0. The van der Waals surface area contributed by atoms with Gasteiger partial charge in [0.05, 0.1) is 5.75 Å². The standard InChI is InChI=1S/C14H21N3O2S.HI/c1-15-14(17-13-7-8-13)16-9-11-3-5-12(6-4-11)10-20(2,18)19;/h3-6,13H,7-10H2,1-2H3,(H2,15,16,17);1H. The number of halogens is 1. The van der Waals surface area contributed by atoms with E-state index in [-0.39, 0.29) is 29.7 Å². The number of nitrogens with zero attached hydrogens (tertiary/aromatic N) is 1. The van der Waals surface area contributed by atoms with Gasteiger partial charge in [0.1, 0.15) is 0 Å². The molecule has 1 aliphatic carbocycles. The van der Waals surface area contributed by atoms with Crippen LogP contribution < -0.4 is 10.6 Å². The second kappa shape index (κ2) is 7.98. The molecule has 0 atom stereocenters. The van der Waals surface area contributed by atoms with Crippen LogP contribution in [0.4, 0.5) is 0 Å². The SMILES string of the molecule is CN=C(NCc1ccc(CS(C)(=O)=O)cc1)NC1CC1.I. The Kier molecular flexibility index (Phi) is 6.92. The molecule has 1 fully saturated rings. The maximum absolute atomic E-state index is 11.2. The first-order valence-electron chi connectivity index (χ1n) is 6.69. The number of aliphatic imine (C=N–C) groups is 1. The van der Waals surface area contributed by atoms with E-state index in [0.717, 1.165) is 17.1 Å². The lowest BCUT2D eigenvalue weighted by Gasteiger charge is -2.11. The zero-order chi connectivity index (χ0) is 14.6. The minimum Gasteiger partial charge on any atom is -0.354 e. The van der Waals surface area contributed by atoms with Crippen molar-refractivity contribution < 1.29 is 8.42 Å². The van der Waals surface area contributed by atoms with Crippen molar-refractivity contribution >= 4 is 39.8 Å². The molecule has 118 valence electrons. The zero-order valence-electron chi connectivity index (χ0n) is 12.3. The summed E-state index contributed by atoms with van der Waals surface area (Å²) in [7, 11) is -1.21. The van der Waals surface area contributed by atoms with E-state index in [1.807, 2.05) is 24.3 Å². The quantitative estimate of drug-likeness (QED) is 0.430. The van der Waals surface area contributed by atoms with Crippen molar-refractivity contribution in [2.24, 2.45) is 4.99 Å². The first-order chi connectivity index (χ1) is 9.46. The summed E-state index contributed by atoms with van der Waals surface area (Å²) in [6.45, 7) is 0.672. The third-order valence-electron chi connectivity index (χ3n) is 3.05. The van der Waals surface area contributed by atoms with Crippen LogP contribution in [0.1, 0.15) is 24.0 Å². The number of hydrogen-bond donors (Lipinski definition) is 2. The van der Waals surface area contributed by atoms with Gasteiger partial charge >= 0.3 is 0 Å². The van der Waals surface area contributed by atoms with Crippen molar-refractivity contribution in [3.63, 3.8) is 0 Å².